The molecule has 41 heavy (non-hydrogen) atoms. The number of hydrogen-bond donors (Lipinski definition) is 2. The van der Waals surface area contributed by atoms with Gasteiger partial charge in [0.1, 0.15) is 23.8 Å². The molecule has 5 aromatic carbocycles. The summed E-state index contributed by atoms with van der Waals surface area (Å²) in [4.78, 5) is 27.2. The van der Waals surface area contributed by atoms with Crippen LogP contribution < -0.4 is 15.8 Å². The smallest absolute Gasteiger partial charge is 0.240 e. The fourth-order valence-corrected chi connectivity index (χ4v) is 5.15. The topological polar surface area (TPSA) is 81.4 Å². The van der Waals surface area contributed by atoms with Crippen LogP contribution >= 0.6 is 0 Å². The lowest BCUT2D eigenvalue weighted by Crippen LogP contribution is -2.54. The Morgan fingerprint density at radius 3 is 1.49 bits per heavy atom. The van der Waals surface area contributed by atoms with Crippen LogP contribution in [0.5, 0.6) is 5.75 Å². The van der Waals surface area contributed by atoms with Gasteiger partial charge in [-0.2, -0.15) is 0 Å². The van der Waals surface area contributed by atoms with Gasteiger partial charge in [-0.15, -0.1) is 0 Å². The Morgan fingerprint density at radius 1 is 0.610 bits per heavy atom. The summed E-state index contributed by atoms with van der Waals surface area (Å²) in [6.07, 6.45) is 0.245. The SMILES string of the molecule is NC(=O)[C@@H](Cc1ccc(OCc2ccccc2)cc1)NC(=O)C(c1ccccc1)(c1ccccc1)c1ccccc1. The Balaban J connectivity index is 1.43. The van der Waals surface area contributed by atoms with Gasteiger partial charge in [-0.25, -0.2) is 0 Å². The second-order valence-electron chi connectivity index (χ2n) is 9.90. The molecule has 0 aliphatic rings. The highest BCUT2D eigenvalue weighted by molar-refractivity contribution is 5.98. The Kier molecular flexibility index (Phi) is 8.55. The first-order valence-electron chi connectivity index (χ1n) is 13.6. The van der Waals surface area contributed by atoms with E-state index in [1.807, 2.05) is 146 Å². The number of rotatable bonds is 11. The molecule has 0 bridgehead atoms. The Hall–Kier alpha value is -5.16. The van der Waals surface area contributed by atoms with Crippen molar-refractivity contribution in [1.82, 2.24) is 5.32 Å². The Bertz CT molecular complexity index is 1460. The van der Waals surface area contributed by atoms with Crippen LogP contribution in [-0.2, 0) is 28.0 Å². The van der Waals surface area contributed by atoms with E-state index in [1.165, 1.54) is 0 Å². The van der Waals surface area contributed by atoms with E-state index in [9.17, 15) is 9.59 Å². The Morgan fingerprint density at radius 2 is 1.05 bits per heavy atom. The molecule has 0 aromatic heterocycles. The van der Waals surface area contributed by atoms with Crippen LogP contribution in [0.1, 0.15) is 27.8 Å². The van der Waals surface area contributed by atoms with Crippen molar-refractivity contribution in [3.05, 3.63) is 173 Å². The van der Waals surface area contributed by atoms with E-state index in [0.29, 0.717) is 12.4 Å². The number of amides is 2. The molecule has 0 saturated heterocycles. The number of nitrogens with one attached hydrogen (secondary N) is 1. The average Bonchev–Trinajstić information content (AvgIpc) is 3.03. The minimum absolute atomic E-state index is 0.245. The summed E-state index contributed by atoms with van der Waals surface area (Å²) in [5, 5.41) is 3.02. The molecule has 204 valence electrons. The highest BCUT2D eigenvalue weighted by atomic mass is 16.5. The molecule has 1 atom stereocenters. The fourth-order valence-electron chi connectivity index (χ4n) is 5.15. The maximum absolute atomic E-state index is 14.5. The molecule has 5 nitrogen and oxygen atoms in total. The van der Waals surface area contributed by atoms with Gasteiger partial charge in [-0.05, 0) is 39.9 Å². The summed E-state index contributed by atoms with van der Waals surface area (Å²) in [6, 6.07) is 45.4. The molecule has 0 unspecified atom stereocenters. The van der Waals surface area contributed by atoms with Crippen LogP contribution in [0.2, 0.25) is 0 Å². The molecule has 0 aliphatic heterocycles. The van der Waals surface area contributed by atoms with E-state index < -0.39 is 17.4 Å². The third-order valence-electron chi connectivity index (χ3n) is 7.22. The van der Waals surface area contributed by atoms with E-state index in [0.717, 1.165) is 27.8 Å². The van der Waals surface area contributed by atoms with Crippen molar-refractivity contribution in [1.29, 1.82) is 0 Å². The number of primary amides is 1. The maximum Gasteiger partial charge on any atom is 0.240 e. The number of nitrogens with two attached hydrogens (primary N) is 1. The van der Waals surface area contributed by atoms with E-state index in [2.05, 4.69) is 5.32 Å². The van der Waals surface area contributed by atoms with Crippen LogP contribution in [0.15, 0.2) is 146 Å². The van der Waals surface area contributed by atoms with Gasteiger partial charge in [0.25, 0.3) is 0 Å². The van der Waals surface area contributed by atoms with Gasteiger partial charge in [0.05, 0.1) is 0 Å². The molecule has 2 amide bonds. The summed E-state index contributed by atoms with van der Waals surface area (Å²) < 4.78 is 5.89. The van der Waals surface area contributed by atoms with Crippen LogP contribution in [0.3, 0.4) is 0 Å². The van der Waals surface area contributed by atoms with Gasteiger partial charge in [0.2, 0.25) is 11.8 Å². The van der Waals surface area contributed by atoms with Gasteiger partial charge < -0.3 is 15.8 Å². The van der Waals surface area contributed by atoms with Gasteiger partial charge in [0.15, 0.2) is 0 Å². The third kappa shape index (κ3) is 6.20. The molecule has 0 fully saturated rings. The van der Waals surface area contributed by atoms with Crippen molar-refractivity contribution in [3.8, 4) is 5.75 Å². The molecular weight excluding hydrogens is 508 g/mol. The van der Waals surface area contributed by atoms with Gasteiger partial charge in [0, 0.05) is 6.42 Å². The molecule has 5 aromatic rings. The number of benzene rings is 5. The highest BCUT2D eigenvalue weighted by Gasteiger charge is 2.44. The lowest BCUT2D eigenvalue weighted by atomic mass is 9.68. The fraction of sp³-hybridized carbons (Fsp3) is 0.111. The van der Waals surface area contributed by atoms with E-state index in [4.69, 9.17) is 10.5 Å². The number of hydrogen-bond acceptors (Lipinski definition) is 3. The summed E-state index contributed by atoms with van der Waals surface area (Å²) in [5.41, 5.74) is 8.95. The standard InChI is InChI=1S/C36H32N2O3/c37-34(39)33(25-27-21-23-32(24-22-27)41-26-28-13-5-1-6-14-28)38-35(40)36(29-15-7-2-8-16-29,30-17-9-3-10-18-30)31-19-11-4-12-20-31/h1-24,33H,25-26H2,(H2,37,39)(H,38,40)/t33-/m1/s1. The summed E-state index contributed by atoms with van der Waals surface area (Å²) in [7, 11) is 0. The summed E-state index contributed by atoms with van der Waals surface area (Å²) in [5.74, 6) is -0.216. The number of carbonyl (C=O) groups is 2. The number of ether oxygens (including phenoxy) is 1. The zero-order valence-corrected chi connectivity index (χ0v) is 22.7. The van der Waals surface area contributed by atoms with Crippen molar-refractivity contribution in [2.75, 3.05) is 0 Å². The molecular formula is C36H32N2O3. The lowest BCUT2D eigenvalue weighted by Gasteiger charge is -2.35. The zero-order valence-electron chi connectivity index (χ0n) is 22.7. The quantitative estimate of drug-likeness (QED) is 0.207. The lowest BCUT2D eigenvalue weighted by molar-refractivity contribution is -0.129. The minimum Gasteiger partial charge on any atom is -0.489 e. The first-order chi connectivity index (χ1) is 20.1. The minimum atomic E-state index is -1.20. The van der Waals surface area contributed by atoms with Gasteiger partial charge in [-0.1, -0.05) is 133 Å². The zero-order chi connectivity index (χ0) is 28.5. The first-order valence-corrected chi connectivity index (χ1v) is 13.6. The predicted octanol–water partition coefficient (Wildman–Crippen LogP) is 5.81. The van der Waals surface area contributed by atoms with Crippen molar-refractivity contribution in [3.63, 3.8) is 0 Å². The van der Waals surface area contributed by atoms with E-state index >= 15 is 0 Å². The molecule has 0 aliphatic carbocycles. The van der Waals surface area contributed by atoms with Gasteiger partial charge >= 0.3 is 0 Å². The summed E-state index contributed by atoms with van der Waals surface area (Å²) >= 11 is 0. The molecule has 5 heteroatoms. The Labute approximate surface area is 240 Å². The molecule has 5 rings (SSSR count). The summed E-state index contributed by atoms with van der Waals surface area (Å²) in [6.45, 7) is 0.459. The van der Waals surface area contributed by atoms with Crippen LogP contribution in [0.25, 0.3) is 0 Å². The monoisotopic (exact) mass is 540 g/mol. The largest absolute Gasteiger partial charge is 0.489 e. The van der Waals surface area contributed by atoms with Crippen molar-refractivity contribution in [2.24, 2.45) is 5.73 Å². The second-order valence-corrected chi connectivity index (χ2v) is 9.90. The second kappa shape index (κ2) is 12.8. The molecule has 3 N–H and O–H groups in total. The highest BCUT2D eigenvalue weighted by Crippen LogP contribution is 2.39. The van der Waals surface area contributed by atoms with Crippen LogP contribution in [-0.4, -0.2) is 17.9 Å². The third-order valence-corrected chi connectivity index (χ3v) is 7.22. The average molecular weight is 541 g/mol. The van der Waals surface area contributed by atoms with Crippen LogP contribution in [0.4, 0.5) is 0 Å². The van der Waals surface area contributed by atoms with Crippen molar-refractivity contribution < 1.29 is 14.3 Å². The van der Waals surface area contributed by atoms with Crippen LogP contribution in [0, 0.1) is 0 Å². The maximum atomic E-state index is 14.5. The van der Waals surface area contributed by atoms with Crippen molar-refractivity contribution in [2.45, 2.75) is 24.5 Å². The first kappa shape index (κ1) is 27.4. The van der Waals surface area contributed by atoms with Gasteiger partial charge in [-0.3, -0.25) is 9.59 Å². The molecule has 0 spiro atoms. The van der Waals surface area contributed by atoms with Crippen molar-refractivity contribution >= 4 is 11.8 Å². The van der Waals surface area contributed by atoms with E-state index in [-0.39, 0.29) is 12.3 Å². The predicted molar refractivity (Wildman–Crippen MR) is 161 cm³/mol. The van der Waals surface area contributed by atoms with E-state index in [1.54, 1.807) is 0 Å². The molecule has 0 saturated carbocycles. The number of carbonyl (C=O) groups excluding carboxylic acids is 2. The molecule has 0 heterocycles. The molecule has 0 radical (unpaired) electrons. The normalized spacial score (nSPS) is 11.8.